The van der Waals surface area contributed by atoms with E-state index in [1.165, 1.54) is 12.1 Å². The molecule has 0 heterocycles. The van der Waals surface area contributed by atoms with Gasteiger partial charge in [0.25, 0.3) is 0 Å². The molecule has 0 radical (unpaired) electrons. The number of para-hydroxylation sites is 1. The lowest BCUT2D eigenvalue weighted by molar-refractivity contribution is -0.192. The van der Waals surface area contributed by atoms with Crippen LogP contribution in [0.5, 0.6) is 0 Å². The van der Waals surface area contributed by atoms with Crippen LogP contribution in [0, 0.1) is 0 Å². The Morgan fingerprint density at radius 2 is 1.80 bits per heavy atom. The van der Waals surface area contributed by atoms with E-state index in [0.717, 1.165) is 12.1 Å². The number of carboxylic acid groups (broad SMARTS) is 1. The third kappa shape index (κ3) is 3.02. The number of nitrogens with one attached hydrogen (secondary N) is 1. The van der Waals surface area contributed by atoms with Crippen molar-refractivity contribution in [2.24, 2.45) is 5.14 Å². The summed E-state index contributed by atoms with van der Waals surface area (Å²) in [5.41, 5.74) is -3.90. The van der Waals surface area contributed by atoms with Crippen molar-refractivity contribution in [2.45, 2.75) is 23.5 Å². The van der Waals surface area contributed by atoms with E-state index in [1.54, 1.807) is 5.32 Å². The lowest BCUT2D eigenvalue weighted by Crippen LogP contribution is -2.55. The third-order valence-electron chi connectivity index (χ3n) is 2.57. The van der Waals surface area contributed by atoms with Crippen molar-refractivity contribution in [1.82, 2.24) is 0 Å². The van der Waals surface area contributed by atoms with Gasteiger partial charge in [0.1, 0.15) is 4.90 Å². The van der Waals surface area contributed by atoms with Crippen LogP contribution in [-0.2, 0) is 14.8 Å². The molecular weight excluding hydrogens is 301 g/mol. The van der Waals surface area contributed by atoms with Gasteiger partial charge in [-0.15, -0.1) is 0 Å². The minimum atomic E-state index is -5.15. The highest BCUT2D eigenvalue weighted by Crippen LogP contribution is 2.35. The Kier molecular flexibility index (Phi) is 4.02. The molecule has 112 valence electrons. The van der Waals surface area contributed by atoms with Crippen LogP contribution in [-0.4, -0.2) is 31.2 Å². The molecule has 6 nitrogen and oxygen atoms in total. The second-order valence-corrected chi connectivity index (χ2v) is 5.62. The number of primary sulfonamides is 1. The summed E-state index contributed by atoms with van der Waals surface area (Å²) < 4.78 is 61.1. The molecule has 1 rings (SSSR count). The molecule has 0 fully saturated rings. The minimum absolute atomic E-state index is 0.384. The largest absolute Gasteiger partial charge is 0.479 e. The molecule has 0 aliphatic heterocycles. The van der Waals surface area contributed by atoms with E-state index < -0.39 is 38.3 Å². The number of anilines is 1. The number of rotatable bonds is 4. The SMILES string of the molecule is CC(Nc1ccccc1S(N)(=O)=O)(C(=O)O)C(F)(F)F. The molecular formula is C10H11F3N2O4S. The van der Waals surface area contributed by atoms with E-state index in [0.29, 0.717) is 6.92 Å². The second-order valence-electron chi connectivity index (χ2n) is 4.09. The van der Waals surface area contributed by atoms with E-state index in [9.17, 15) is 26.4 Å². The van der Waals surface area contributed by atoms with E-state index in [4.69, 9.17) is 10.2 Å². The molecule has 0 spiro atoms. The number of sulfonamides is 1. The van der Waals surface area contributed by atoms with E-state index >= 15 is 0 Å². The predicted molar refractivity (Wildman–Crippen MR) is 63.5 cm³/mol. The molecule has 4 N–H and O–H groups in total. The summed E-state index contributed by atoms with van der Waals surface area (Å²) in [6, 6.07) is 4.45. The van der Waals surface area contributed by atoms with Crippen molar-refractivity contribution in [2.75, 3.05) is 5.32 Å². The molecule has 0 bridgehead atoms. The zero-order valence-electron chi connectivity index (χ0n) is 10.1. The normalized spacial score (nSPS) is 15.4. The molecule has 0 aromatic heterocycles. The fourth-order valence-electron chi connectivity index (χ4n) is 1.33. The average molecular weight is 312 g/mol. The summed E-state index contributed by atoms with van der Waals surface area (Å²) in [6.07, 6.45) is -5.15. The van der Waals surface area contributed by atoms with Crippen LogP contribution >= 0.6 is 0 Å². The number of hydrogen-bond acceptors (Lipinski definition) is 4. The molecule has 0 saturated carbocycles. The minimum Gasteiger partial charge on any atom is -0.479 e. The standard InChI is InChI=1S/C10H11F3N2O4S/c1-9(8(16)17,10(11,12)13)15-6-4-2-3-5-7(6)20(14,18)19/h2-5,15H,1H3,(H,16,17)(H2,14,18,19). The van der Waals surface area contributed by atoms with Gasteiger partial charge in [0.15, 0.2) is 0 Å². The number of benzene rings is 1. The van der Waals surface area contributed by atoms with Gasteiger partial charge in [-0.3, -0.25) is 0 Å². The fraction of sp³-hybridized carbons (Fsp3) is 0.300. The molecule has 0 amide bonds. The highest BCUT2D eigenvalue weighted by atomic mass is 32.2. The maximum atomic E-state index is 12.8. The number of aliphatic carboxylic acids is 1. The maximum Gasteiger partial charge on any atom is 0.422 e. The Hall–Kier alpha value is -1.81. The Morgan fingerprint density at radius 3 is 2.20 bits per heavy atom. The van der Waals surface area contributed by atoms with E-state index in [1.807, 2.05) is 0 Å². The van der Waals surface area contributed by atoms with Gasteiger partial charge in [0.2, 0.25) is 15.6 Å². The summed E-state index contributed by atoms with van der Waals surface area (Å²) >= 11 is 0. The van der Waals surface area contributed by atoms with E-state index in [-0.39, 0.29) is 0 Å². The quantitative estimate of drug-likeness (QED) is 0.772. The van der Waals surface area contributed by atoms with Crippen molar-refractivity contribution in [1.29, 1.82) is 0 Å². The number of nitrogens with two attached hydrogens (primary N) is 1. The zero-order chi connectivity index (χ0) is 15.8. The number of carboxylic acids is 1. The van der Waals surface area contributed by atoms with Crippen LogP contribution in [0.25, 0.3) is 0 Å². The summed E-state index contributed by atoms with van der Waals surface area (Å²) in [4.78, 5) is 10.2. The first-order chi connectivity index (χ1) is 8.89. The molecule has 0 aliphatic carbocycles. The first kappa shape index (κ1) is 16.2. The Labute approximate surface area is 112 Å². The van der Waals surface area contributed by atoms with Crippen molar-refractivity contribution in [3.8, 4) is 0 Å². The Morgan fingerprint density at radius 1 is 1.30 bits per heavy atom. The first-order valence-corrected chi connectivity index (χ1v) is 6.64. The lowest BCUT2D eigenvalue weighted by atomic mass is 10.0. The van der Waals surface area contributed by atoms with Gasteiger partial charge in [-0.1, -0.05) is 12.1 Å². The zero-order valence-corrected chi connectivity index (χ0v) is 10.9. The van der Waals surface area contributed by atoms with Crippen LogP contribution in [0.1, 0.15) is 6.92 Å². The van der Waals surface area contributed by atoms with Gasteiger partial charge in [-0.05, 0) is 19.1 Å². The molecule has 20 heavy (non-hydrogen) atoms. The average Bonchev–Trinajstić information content (AvgIpc) is 2.26. The van der Waals surface area contributed by atoms with Gasteiger partial charge in [-0.2, -0.15) is 13.2 Å². The molecule has 0 aliphatic rings. The van der Waals surface area contributed by atoms with Crippen LogP contribution in [0.3, 0.4) is 0 Å². The predicted octanol–water partition coefficient (Wildman–Crippen LogP) is 1.15. The van der Waals surface area contributed by atoms with Crippen LogP contribution in [0.2, 0.25) is 0 Å². The lowest BCUT2D eigenvalue weighted by Gasteiger charge is -2.30. The van der Waals surface area contributed by atoms with Crippen LogP contribution in [0.4, 0.5) is 18.9 Å². The van der Waals surface area contributed by atoms with Crippen LogP contribution < -0.4 is 10.5 Å². The van der Waals surface area contributed by atoms with Gasteiger partial charge in [-0.25, -0.2) is 18.4 Å². The Balaban J connectivity index is 3.39. The van der Waals surface area contributed by atoms with Gasteiger partial charge in [0.05, 0.1) is 5.69 Å². The smallest absolute Gasteiger partial charge is 0.422 e. The first-order valence-electron chi connectivity index (χ1n) is 5.10. The molecule has 1 aromatic carbocycles. The van der Waals surface area contributed by atoms with Crippen LogP contribution in [0.15, 0.2) is 29.2 Å². The third-order valence-corrected chi connectivity index (χ3v) is 3.54. The van der Waals surface area contributed by atoms with Crippen molar-refractivity contribution in [3.63, 3.8) is 0 Å². The number of alkyl halides is 3. The topological polar surface area (TPSA) is 109 Å². The number of carbonyl (C=O) groups is 1. The molecule has 1 aromatic rings. The summed E-state index contributed by atoms with van der Waals surface area (Å²) in [7, 11) is -4.30. The summed E-state index contributed by atoms with van der Waals surface area (Å²) in [5, 5.41) is 15.3. The van der Waals surface area contributed by atoms with Crippen molar-refractivity contribution >= 4 is 21.7 Å². The maximum absolute atomic E-state index is 12.8. The highest BCUT2D eigenvalue weighted by molar-refractivity contribution is 7.89. The van der Waals surface area contributed by atoms with E-state index in [2.05, 4.69) is 0 Å². The van der Waals surface area contributed by atoms with Crippen molar-refractivity contribution < 1.29 is 31.5 Å². The number of halogens is 3. The van der Waals surface area contributed by atoms with Gasteiger partial charge in [0, 0.05) is 0 Å². The summed E-state index contributed by atoms with van der Waals surface area (Å²) in [6.45, 7) is 0.384. The monoisotopic (exact) mass is 312 g/mol. The molecule has 10 heteroatoms. The van der Waals surface area contributed by atoms with Crippen molar-refractivity contribution in [3.05, 3.63) is 24.3 Å². The number of hydrogen-bond donors (Lipinski definition) is 3. The Bertz CT molecular complexity index is 630. The molecule has 0 saturated heterocycles. The molecule has 1 atom stereocenters. The van der Waals surface area contributed by atoms with Gasteiger partial charge >= 0.3 is 12.1 Å². The fourth-order valence-corrected chi connectivity index (χ4v) is 2.03. The second kappa shape index (κ2) is 4.94. The summed E-state index contributed by atoms with van der Waals surface area (Å²) in [5.74, 6) is -2.20. The highest BCUT2D eigenvalue weighted by Gasteiger charge is 2.57. The van der Waals surface area contributed by atoms with Gasteiger partial charge < -0.3 is 10.4 Å². The molecule has 1 unspecified atom stereocenters.